The number of nitrogens with two attached hydrogens (primary N) is 1. The van der Waals surface area contributed by atoms with Crippen LogP contribution < -0.4 is 10.5 Å². The monoisotopic (exact) mass is 320 g/mol. The minimum Gasteiger partial charge on any atom is -0.494 e. The van der Waals surface area contributed by atoms with Crippen LogP contribution in [-0.2, 0) is 0 Å². The molecule has 0 atom stereocenters. The maximum absolute atomic E-state index is 5.89. The number of nitrogens with zero attached hydrogens (tertiary/aromatic N) is 2. The van der Waals surface area contributed by atoms with Gasteiger partial charge in [-0.25, -0.2) is 9.97 Å². The van der Waals surface area contributed by atoms with Crippen LogP contribution in [0.3, 0.4) is 0 Å². The van der Waals surface area contributed by atoms with Crippen LogP contribution >= 0.6 is 23.4 Å². The zero-order valence-electron chi connectivity index (χ0n) is 11.3. The molecular weight excluding hydrogens is 308 g/mol. The van der Waals surface area contributed by atoms with Crippen molar-refractivity contribution in [2.45, 2.75) is 17.1 Å². The first-order valence-corrected chi connectivity index (χ1v) is 7.57. The largest absolute Gasteiger partial charge is 0.494 e. The number of nitrogens with one attached hydrogen (secondary N) is 1. The Bertz CT molecular complexity index is 790. The maximum atomic E-state index is 5.89. The molecule has 2 aromatic heterocycles. The number of anilines is 1. The van der Waals surface area contributed by atoms with Gasteiger partial charge in [0.25, 0.3) is 0 Å². The van der Waals surface area contributed by atoms with Gasteiger partial charge in [0, 0.05) is 6.07 Å². The lowest BCUT2D eigenvalue weighted by Gasteiger charge is -2.01. The van der Waals surface area contributed by atoms with E-state index in [1.807, 2.05) is 25.1 Å². The maximum Gasteiger partial charge on any atom is 0.172 e. The molecule has 3 rings (SSSR count). The first-order valence-electron chi connectivity index (χ1n) is 6.38. The number of fused-ring (bicyclic) bond motifs is 1. The summed E-state index contributed by atoms with van der Waals surface area (Å²) >= 11 is 7.24. The lowest BCUT2D eigenvalue weighted by Crippen LogP contribution is -1.92. The van der Waals surface area contributed by atoms with Gasteiger partial charge in [-0.1, -0.05) is 11.6 Å². The minimum atomic E-state index is 0.404. The van der Waals surface area contributed by atoms with Crippen LogP contribution in [0.1, 0.15) is 6.92 Å². The highest BCUT2D eigenvalue weighted by molar-refractivity contribution is 7.99. The molecule has 0 radical (unpaired) electrons. The fourth-order valence-electron chi connectivity index (χ4n) is 1.87. The zero-order valence-corrected chi connectivity index (χ0v) is 12.8. The van der Waals surface area contributed by atoms with E-state index < -0.39 is 0 Å². The van der Waals surface area contributed by atoms with Crippen LogP contribution in [0.2, 0.25) is 5.15 Å². The molecular formula is C14H13ClN4OS. The van der Waals surface area contributed by atoms with Crippen molar-refractivity contribution in [3.05, 3.63) is 35.5 Å². The summed E-state index contributed by atoms with van der Waals surface area (Å²) in [5, 5.41) is 1.74. The van der Waals surface area contributed by atoms with Gasteiger partial charge in [-0.2, -0.15) is 0 Å². The van der Waals surface area contributed by atoms with Crippen molar-refractivity contribution in [2.75, 3.05) is 12.3 Å². The van der Waals surface area contributed by atoms with E-state index in [9.17, 15) is 0 Å². The molecule has 2 heterocycles. The number of pyridine rings is 1. The molecule has 5 nitrogen and oxygen atoms in total. The summed E-state index contributed by atoms with van der Waals surface area (Å²) < 4.78 is 5.47. The van der Waals surface area contributed by atoms with Crippen molar-refractivity contribution in [1.29, 1.82) is 0 Å². The molecule has 108 valence electrons. The first-order chi connectivity index (χ1) is 10.2. The fraction of sp³-hybridized carbons (Fsp3) is 0.143. The molecule has 3 N–H and O–H groups in total. The van der Waals surface area contributed by atoms with Crippen molar-refractivity contribution in [3.63, 3.8) is 0 Å². The van der Waals surface area contributed by atoms with Gasteiger partial charge < -0.3 is 15.5 Å². The summed E-state index contributed by atoms with van der Waals surface area (Å²) in [6, 6.07) is 9.12. The number of hydrogen-bond acceptors (Lipinski definition) is 5. The Morgan fingerprint density at radius 3 is 2.95 bits per heavy atom. The number of imidazole rings is 1. The summed E-state index contributed by atoms with van der Waals surface area (Å²) in [6.07, 6.45) is 0. The van der Waals surface area contributed by atoms with E-state index in [2.05, 4.69) is 15.0 Å². The molecule has 0 unspecified atom stereocenters. The third kappa shape index (κ3) is 3.06. The Labute approximate surface area is 130 Å². The number of ether oxygens (including phenoxy) is 1. The van der Waals surface area contributed by atoms with E-state index >= 15 is 0 Å². The van der Waals surface area contributed by atoms with Crippen molar-refractivity contribution in [3.8, 4) is 5.75 Å². The van der Waals surface area contributed by atoms with Crippen LogP contribution in [0, 0.1) is 0 Å². The third-order valence-corrected chi connectivity index (χ3v) is 3.91. The zero-order chi connectivity index (χ0) is 14.8. The lowest BCUT2D eigenvalue weighted by atomic mass is 10.3. The second-order valence-corrected chi connectivity index (χ2v) is 5.65. The van der Waals surface area contributed by atoms with Gasteiger partial charge in [0.2, 0.25) is 0 Å². The molecule has 0 aliphatic rings. The second kappa shape index (κ2) is 5.83. The van der Waals surface area contributed by atoms with Crippen LogP contribution in [0.25, 0.3) is 11.0 Å². The van der Waals surface area contributed by atoms with E-state index in [4.69, 9.17) is 22.1 Å². The van der Waals surface area contributed by atoms with E-state index in [1.165, 1.54) is 11.8 Å². The topological polar surface area (TPSA) is 76.8 Å². The Morgan fingerprint density at radius 2 is 2.14 bits per heavy atom. The van der Waals surface area contributed by atoms with Crippen LogP contribution in [0.5, 0.6) is 5.75 Å². The number of aromatic nitrogens is 3. The molecule has 0 bridgehead atoms. The van der Waals surface area contributed by atoms with Gasteiger partial charge in [-0.05, 0) is 43.0 Å². The number of nitrogen functional groups attached to an aromatic ring is 1. The van der Waals surface area contributed by atoms with Crippen LogP contribution in [0.15, 0.2) is 40.5 Å². The highest BCUT2D eigenvalue weighted by Gasteiger charge is 2.09. The normalized spacial score (nSPS) is 11.0. The molecule has 7 heteroatoms. The van der Waals surface area contributed by atoms with E-state index in [0.717, 1.165) is 16.8 Å². The summed E-state index contributed by atoms with van der Waals surface area (Å²) in [4.78, 5) is 11.9. The number of benzene rings is 1. The van der Waals surface area contributed by atoms with E-state index in [0.29, 0.717) is 27.6 Å². The predicted octanol–water partition coefficient (Wildman–Crippen LogP) is 3.74. The fourth-order valence-corrected chi connectivity index (χ4v) is 2.89. The molecule has 0 fully saturated rings. The molecule has 1 aromatic carbocycles. The Kier molecular flexibility index (Phi) is 3.90. The van der Waals surface area contributed by atoms with Gasteiger partial charge in [0.05, 0.1) is 23.3 Å². The summed E-state index contributed by atoms with van der Waals surface area (Å²) in [5.74, 6) is 0.811. The van der Waals surface area contributed by atoms with E-state index in [-0.39, 0.29) is 0 Å². The van der Waals surface area contributed by atoms with Crippen LogP contribution in [0.4, 0.5) is 5.69 Å². The van der Waals surface area contributed by atoms with E-state index in [1.54, 1.807) is 12.1 Å². The standard InChI is InChI=1S/C14H13ClN4OS/c1-2-20-8-3-5-10-11(7-8)18-14(17-10)21-13-9(16)4-6-12(15)19-13/h3-7H,2,16H2,1H3,(H,17,18). The number of H-pyrrole nitrogens is 1. The molecule has 21 heavy (non-hydrogen) atoms. The molecule has 0 saturated heterocycles. The molecule has 0 saturated carbocycles. The van der Waals surface area contributed by atoms with Crippen molar-refractivity contribution >= 4 is 40.1 Å². The van der Waals surface area contributed by atoms with Gasteiger partial charge >= 0.3 is 0 Å². The summed E-state index contributed by atoms with van der Waals surface area (Å²) in [7, 11) is 0. The highest BCUT2D eigenvalue weighted by atomic mass is 35.5. The van der Waals surface area contributed by atoms with Crippen LogP contribution in [-0.4, -0.2) is 21.6 Å². The van der Waals surface area contributed by atoms with Crippen molar-refractivity contribution < 1.29 is 4.74 Å². The number of aromatic amines is 1. The molecule has 0 aliphatic carbocycles. The third-order valence-electron chi connectivity index (χ3n) is 2.79. The lowest BCUT2D eigenvalue weighted by molar-refractivity contribution is 0.340. The molecule has 0 aliphatic heterocycles. The summed E-state index contributed by atoms with van der Waals surface area (Å²) in [6.45, 7) is 2.58. The van der Waals surface area contributed by atoms with Gasteiger partial charge in [-0.15, -0.1) is 0 Å². The van der Waals surface area contributed by atoms with Gasteiger partial charge in [-0.3, -0.25) is 0 Å². The Balaban J connectivity index is 1.92. The van der Waals surface area contributed by atoms with Gasteiger partial charge in [0.15, 0.2) is 5.16 Å². The smallest absolute Gasteiger partial charge is 0.172 e. The SMILES string of the molecule is CCOc1ccc2nc(Sc3nc(Cl)ccc3N)[nH]c2c1. The Morgan fingerprint density at radius 1 is 1.29 bits per heavy atom. The summed E-state index contributed by atoms with van der Waals surface area (Å²) in [5.41, 5.74) is 8.23. The van der Waals surface area contributed by atoms with Gasteiger partial charge in [0.1, 0.15) is 15.9 Å². The molecule has 3 aromatic rings. The number of halogens is 1. The number of hydrogen-bond donors (Lipinski definition) is 2. The number of rotatable bonds is 4. The highest BCUT2D eigenvalue weighted by Crippen LogP contribution is 2.31. The quantitative estimate of drug-likeness (QED) is 0.716. The molecule has 0 amide bonds. The average molecular weight is 321 g/mol. The van der Waals surface area contributed by atoms with Crippen molar-refractivity contribution in [1.82, 2.24) is 15.0 Å². The molecule has 0 spiro atoms. The Hall–Kier alpha value is -1.92. The van der Waals surface area contributed by atoms with Crippen molar-refractivity contribution in [2.24, 2.45) is 0 Å². The minimum absolute atomic E-state index is 0.404. The predicted molar refractivity (Wildman–Crippen MR) is 85.0 cm³/mol. The average Bonchev–Trinajstić information content (AvgIpc) is 2.85. The first kappa shape index (κ1) is 14.0. The second-order valence-electron chi connectivity index (χ2n) is 4.28.